The maximum Gasteiger partial charge on any atom is 0 e. The first-order valence-electron chi connectivity index (χ1n) is 2.36. The van der Waals surface area contributed by atoms with Crippen LogP contribution in [-0.2, 0) is 47.5 Å². The van der Waals surface area contributed by atoms with Crippen LogP contribution < -0.4 is 0 Å². The molecule has 0 radical (unpaired) electrons. The van der Waals surface area contributed by atoms with E-state index in [1.807, 2.05) is 0 Å². The first-order valence-corrected chi connectivity index (χ1v) is 4.07. The van der Waals surface area contributed by atoms with Crippen LogP contribution in [0, 0.1) is 0 Å². The summed E-state index contributed by atoms with van der Waals surface area (Å²) in [4.78, 5) is 0. The van der Waals surface area contributed by atoms with Crippen molar-refractivity contribution in [3.8, 4) is 0 Å². The summed E-state index contributed by atoms with van der Waals surface area (Å²) in [6.45, 7) is -0.420. The zero-order valence-electron chi connectivity index (χ0n) is 5.34. The van der Waals surface area contributed by atoms with Crippen LogP contribution in [0.1, 0.15) is 6.42 Å². The van der Waals surface area contributed by atoms with Gasteiger partial charge in [-0.05, 0) is 0 Å². The smallest absolute Gasteiger partial charge is 0 e. The zero-order chi connectivity index (χ0) is 8.20. The molecule has 0 saturated heterocycles. The Balaban J connectivity index is 0. The minimum Gasteiger partial charge on any atom is 0 e. The third-order valence-electron chi connectivity index (χ3n) is 0.634. The predicted octanol–water partition coefficient (Wildman–Crippen LogP) is -1.75. The Bertz CT molecular complexity index is 152. The van der Waals surface area contributed by atoms with Crippen molar-refractivity contribution >= 4 is 0 Å². The maximum atomic E-state index is 9.74. The molecule has 0 rings (SSSR count). The molecule has 66 valence electrons. The number of rotatable bonds is 4. The van der Waals surface area contributed by atoms with Gasteiger partial charge in [-0.1, -0.05) is 0 Å². The fourth-order valence-electron chi connectivity index (χ4n) is 0.257. The molecule has 0 spiro atoms. The molecule has 6 nitrogen and oxygen atoms in total. The summed E-state index contributed by atoms with van der Waals surface area (Å²) < 4.78 is 23.4. The molecular weight excluding hydrogens is 367 g/mol. The molecule has 0 amide bonds. The first kappa shape index (κ1) is 14.2. The van der Waals surface area contributed by atoms with Gasteiger partial charge in [-0.3, -0.25) is 0 Å². The quantitative estimate of drug-likeness (QED) is 0.505. The van der Waals surface area contributed by atoms with Gasteiger partial charge in [0.2, 0.25) is 0 Å². The van der Waals surface area contributed by atoms with Crippen molar-refractivity contribution in [3.63, 3.8) is 0 Å². The van der Waals surface area contributed by atoms with E-state index in [-0.39, 0.29) is 21.1 Å². The number of aliphatic hydroxyl groups is 3. The molecule has 0 heterocycles. The average molecular weight is 374 g/mol. The second kappa shape index (κ2) is 6.25. The Morgan fingerprint density at radius 1 is 1.27 bits per heavy atom. The van der Waals surface area contributed by atoms with Crippen molar-refractivity contribution < 1.29 is 62.8 Å². The molecule has 0 bridgehead atoms. The normalized spacial score (nSPS) is 10.5. The second-order valence-electron chi connectivity index (χ2n) is 1.58. The number of hydrogen-bond acceptors (Lipinski definition) is 6. The maximum absolute atomic E-state index is 9.74. The molecule has 0 aliphatic rings. The summed E-state index contributed by atoms with van der Waals surface area (Å²) in [6.07, 6.45) is -0.553. The van der Waals surface area contributed by atoms with Crippen molar-refractivity contribution in [1.82, 2.24) is 0 Å². The monoisotopic (exact) mass is 374 g/mol. The molecule has 0 aromatic rings. The summed E-state index contributed by atoms with van der Waals surface area (Å²) in [5.74, 6) is -2.84. The Hall–Kier alpha value is 0.713. The Kier molecular flexibility index (Phi) is 8.10. The van der Waals surface area contributed by atoms with Gasteiger partial charge in [-0.15, -0.1) is 0 Å². The fourth-order valence-corrected chi connectivity index (χ4v) is 0.632. The second-order valence-corrected chi connectivity index (χ2v) is 2.68. The van der Waals surface area contributed by atoms with Gasteiger partial charge in [0.05, 0.1) is 0 Å². The number of hydrogen-bond donors (Lipinski definition) is 3. The van der Waals surface area contributed by atoms with E-state index < -0.39 is 34.4 Å². The third-order valence-corrected chi connectivity index (χ3v) is 1.25. The fraction of sp³-hybridized carbons (Fsp3) is 1.00. The van der Waals surface area contributed by atoms with Crippen LogP contribution in [0.5, 0.6) is 0 Å². The minimum atomic E-state index is -3.65. The molecule has 0 fully saturated rings. The zero-order valence-corrected chi connectivity index (χ0v) is 9.67. The van der Waals surface area contributed by atoms with Crippen LogP contribution in [0.2, 0.25) is 0 Å². The molecule has 8 heteroatoms. The summed E-state index contributed by atoms with van der Waals surface area (Å²) >= 11 is -3.65. The van der Waals surface area contributed by atoms with Crippen molar-refractivity contribution in [3.05, 3.63) is 0 Å². The standard InChI is InChI=1S/C3H7O4.2O.V.W/c4-2-1-3(5,6)7;;;;/h5-7H,1-2H2;;;;/q-1;;;+1;. The van der Waals surface area contributed by atoms with E-state index >= 15 is 0 Å². The van der Waals surface area contributed by atoms with Crippen LogP contribution in [0.25, 0.3) is 0 Å². The van der Waals surface area contributed by atoms with E-state index in [4.69, 9.17) is 15.3 Å². The predicted molar refractivity (Wildman–Crippen MR) is 21.3 cm³/mol. The van der Waals surface area contributed by atoms with E-state index in [2.05, 4.69) is 3.66 Å². The molecule has 0 aromatic heterocycles. The van der Waals surface area contributed by atoms with Gasteiger partial charge in [-0.2, -0.15) is 0 Å². The summed E-state index contributed by atoms with van der Waals surface area (Å²) in [7, 11) is 0. The SMILES string of the molecule is [O]=[V](=[O])[O]CCC(O)(O)O.[W]. The van der Waals surface area contributed by atoms with Gasteiger partial charge in [0.25, 0.3) is 0 Å². The Labute approximate surface area is 81.8 Å². The minimum absolute atomic E-state index is 0. The van der Waals surface area contributed by atoms with Gasteiger partial charge in [0.1, 0.15) is 0 Å². The molecule has 0 aromatic carbocycles. The topological polar surface area (TPSA) is 104 Å². The van der Waals surface area contributed by atoms with Crippen molar-refractivity contribution in [1.29, 1.82) is 0 Å². The van der Waals surface area contributed by atoms with Crippen molar-refractivity contribution in [2.45, 2.75) is 12.4 Å². The molecule has 0 unspecified atom stereocenters. The summed E-state index contributed by atoms with van der Waals surface area (Å²) in [5, 5.41) is 24.5. The van der Waals surface area contributed by atoms with Crippen LogP contribution >= 0.6 is 0 Å². The van der Waals surface area contributed by atoms with E-state index in [0.29, 0.717) is 0 Å². The van der Waals surface area contributed by atoms with Crippen molar-refractivity contribution in [2.24, 2.45) is 0 Å². The summed E-state index contributed by atoms with van der Waals surface area (Å²) in [6, 6.07) is 0. The van der Waals surface area contributed by atoms with Crippen LogP contribution in [0.15, 0.2) is 0 Å². The largest absolute Gasteiger partial charge is 0 e. The van der Waals surface area contributed by atoms with Crippen LogP contribution in [0.3, 0.4) is 0 Å². The third kappa shape index (κ3) is 13.7. The molecular formula is C3H7O6VW. The molecule has 0 aliphatic carbocycles. The van der Waals surface area contributed by atoms with Crippen LogP contribution in [-0.4, -0.2) is 27.9 Å². The van der Waals surface area contributed by atoms with E-state index in [1.54, 1.807) is 0 Å². The first-order chi connectivity index (χ1) is 4.42. The Morgan fingerprint density at radius 2 is 1.73 bits per heavy atom. The molecule has 0 atom stereocenters. The summed E-state index contributed by atoms with van der Waals surface area (Å²) in [5.41, 5.74) is 0. The molecule has 0 saturated carbocycles. The van der Waals surface area contributed by atoms with Gasteiger partial charge in [0.15, 0.2) is 0 Å². The average Bonchev–Trinajstić information content (AvgIpc) is 1.59. The molecule has 0 aliphatic heterocycles. The molecule has 11 heavy (non-hydrogen) atoms. The van der Waals surface area contributed by atoms with E-state index in [9.17, 15) is 7.35 Å². The van der Waals surface area contributed by atoms with Gasteiger partial charge in [-0.25, -0.2) is 0 Å². The Morgan fingerprint density at radius 3 is 2.00 bits per heavy atom. The van der Waals surface area contributed by atoms with Gasteiger partial charge >= 0.3 is 60.7 Å². The van der Waals surface area contributed by atoms with E-state index in [1.165, 1.54) is 0 Å². The van der Waals surface area contributed by atoms with Crippen LogP contribution in [0.4, 0.5) is 0 Å². The van der Waals surface area contributed by atoms with Gasteiger partial charge < -0.3 is 0 Å². The molecule has 3 N–H and O–H groups in total. The van der Waals surface area contributed by atoms with Crippen molar-refractivity contribution in [2.75, 3.05) is 6.61 Å². The van der Waals surface area contributed by atoms with E-state index in [0.717, 1.165) is 0 Å². The van der Waals surface area contributed by atoms with Gasteiger partial charge in [0, 0.05) is 21.1 Å².